The third-order valence-electron chi connectivity index (χ3n) is 12.2. The topological polar surface area (TPSA) is 102 Å². The molecule has 3 heterocycles. The molecule has 300 valence electrons. The largest absolute Gasteiger partial charge is 0.543 e. The van der Waals surface area contributed by atoms with Gasteiger partial charge in [0, 0.05) is 22.2 Å². The van der Waals surface area contributed by atoms with Crippen molar-refractivity contribution >= 4 is 37.2 Å². The van der Waals surface area contributed by atoms with Gasteiger partial charge in [-0.25, -0.2) is 4.79 Å². The van der Waals surface area contributed by atoms with Crippen molar-refractivity contribution < 1.29 is 41.8 Å². The van der Waals surface area contributed by atoms with E-state index in [1.54, 1.807) is 6.08 Å². The Hall–Kier alpha value is -2.30. The maximum absolute atomic E-state index is 13.8. The van der Waals surface area contributed by atoms with E-state index in [1.165, 1.54) is 6.08 Å². The van der Waals surface area contributed by atoms with Crippen LogP contribution in [0.15, 0.2) is 48.5 Å². The number of ether oxygens (including phenoxy) is 3. The maximum atomic E-state index is 13.8. The quantitative estimate of drug-likeness (QED) is 0.167. The van der Waals surface area contributed by atoms with Crippen molar-refractivity contribution in [1.29, 1.82) is 0 Å². The van der Waals surface area contributed by atoms with Crippen LogP contribution in [0.4, 0.5) is 0 Å². The minimum absolute atomic E-state index is 0.0397. The molecule has 5 rings (SSSR count). The first-order valence-electron chi connectivity index (χ1n) is 19.4. The number of hydrogen-bond acceptors (Lipinski definition) is 9. The molecule has 2 aromatic carbocycles. The summed E-state index contributed by atoms with van der Waals surface area (Å²) >= 11 is 0. The van der Waals surface area contributed by atoms with Gasteiger partial charge in [-0.2, -0.15) is 0 Å². The first-order valence-corrected chi connectivity index (χ1v) is 27.0. The third kappa shape index (κ3) is 7.83. The molecule has 54 heavy (non-hydrogen) atoms. The lowest BCUT2D eigenvalue weighted by molar-refractivity contribution is -0.373. The molecule has 0 bridgehead atoms. The fourth-order valence-corrected chi connectivity index (χ4v) is 14.4. The van der Waals surface area contributed by atoms with Crippen LogP contribution in [0.3, 0.4) is 0 Å². The monoisotopic (exact) mass is 798 g/mol. The lowest BCUT2D eigenvalue weighted by Crippen LogP contribution is -2.73. The highest BCUT2D eigenvalue weighted by molar-refractivity contribution is 6.75. The summed E-state index contributed by atoms with van der Waals surface area (Å²) < 4.78 is 48.0. The van der Waals surface area contributed by atoms with E-state index in [0.717, 1.165) is 11.1 Å². The van der Waals surface area contributed by atoms with Gasteiger partial charge in [0.05, 0.1) is 18.8 Å². The minimum Gasteiger partial charge on any atom is -0.543 e. The van der Waals surface area contributed by atoms with Crippen LogP contribution >= 0.6 is 0 Å². The molecule has 0 aromatic heterocycles. The molecule has 2 fully saturated rings. The van der Waals surface area contributed by atoms with E-state index in [4.69, 9.17) is 31.9 Å². The summed E-state index contributed by atoms with van der Waals surface area (Å²) in [5.41, 5.74) is 2.22. The van der Waals surface area contributed by atoms with Crippen LogP contribution in [0.2, 0.25) is 46.3 Å². The van der Waals surface area contributed by atoms with E-state index >= 15 is 0 Å². The predicted octanol–water partition coefficient (Wildman–Crippen LogP) is 9.98. The fraction of sp³-hybridized carbons (Fsp3) is 0.643. The van der Waals surface area contributed by atoms with Gasteiger partial charge in [0.2, 0.25) is 22.4 Å². The molecular weight excluding hydrogens is 733 g/mol. The van der Waals surface area contributed by atoms with Gasteiger partial charge in [-0.05, 0) is 59.5 Å². The number of benzene rings is 2. The average molecular weight is 799 g/mol. The number of hydrogen-bond donors (Lipinski definition) is 1. The second kappa shape index (κ2) is 14.3. The summed E-state index contributed by atoms with van der Waals surface area (Å²) in [7, 11) is -7.81. The fourth-order valence-electron chi connectivity index (χ4n) is 7.37. The maximum Gasteiger partial charge on any atom is 0.349 e. The highest BCUT2D eigenvalue weighted by atomic mass is 28.4. The van der Waals surface area contributed by atoms with Gasteiger partial charge >= 0.3 is 14.5 Å². The number of carbonyl (C=O) groups excluding carboxylic acids is 1. The Bertz CT molecular complexity index is 1700. The Morgan fingerprint density at radius 3 is 2.00 bits per heavy atom. The lowest BCUT2D eigenvalue weighted by atomic mass is 9.86. The van der Waals surface area contributed by atoms with Crippen molar-refractivity contribution in [3.05, 3.63) is 65.2 Å². The van der Waals surface area contributed by atoms with Gasteiger partial charge in [-0.15, -0.1) is 0 Å². The molecule has 1 spiro atoms. The second-order valence-electron chi connectivity index (χ2n) is 20.4. The number of esters is 1. The molecule has 0 amide bonds. The van der Waals surface area contributed by atoms with Crippen molar-refractivity contribution in [2.45, 2.75) is 166 Å². The Morgan fingerprint density at radius 2 is 1.44 bits per heavy atom. The van der Waals surface area contributed by atoms with Crippen molar-refractivity contribution in [3.63, 3.8) is 0 Å². The molecule has 0 unspecified atom stereocenters. The predicted molar refractivity (Wildman–Crippen MR) is 221 cm³/mol. The van der Waals surface area contributed by atoms with E-state index in [1.807, 2.05) is 42.5 Å². The van der Waals surface area contributed by atoms with Crippen LogP contribution in [0, 0.1) is 0 Å². The third-order valence-corrected chi connectivity index (χ3v) is 26.0. The van der Waals surface area contributed by atoms with Gasteiger partial charge in [0.15, 0.2) is 6.10 Å². The summed E-state index contributed by atoms with van der Waals surface area (Å²) in [6.07, 6.45) is -1.15. The second-order valence-corrected chi connectivity index (χ2v) is 34.6. The van der Waals surface area contributed by atoms with Gasteiger partial charge < -0.3 is 37.0 Å². The van der Waals surface area contributed by atoms with Crippen LogP contribution < -0.4 is 8.85 Å². The standard InChI is InChI=1S/C42H66O9Si3/c1-38(2,3)52(13,14)49-30-24-29-26-45-42(34(29)31(25-30)50-53(15,16)39(4,5)6)37(47-33(43)23-22-28-20-18-17-19-21-28)35(44)36-32(48-42)27-46-54(51-36,40(7,8)9)41(10,11)12/h17-25,32,35-37,44H,26-27H2,1-16H3/b23-22+/t32-,35+,36-,37-,42+/m1/s1. The van der Waals surface area contributed by atoms with E-state index in [-0.39, 0.29) is 33.4 Å². The number of fused-ring (bicyclic) bond motifs is 3. The van der Waals surface area contributed by atoms with E-state index in [0.29, 0.717) is 17.1 Å². The van der Waals surface area contributed by atoms with Crippen LogP contribution in [0.5, 0.6) is 11.5 Å². The molecule has 1 N–H and O–H groups in total. The summed E-state index contributed by atoms with van der Waals surface area (Å²) in [6.45, 7) is 35.1. The van der Waals surface area contributed by atoms with E-state index in [9.17, 15) is 9.90 Å². The summed E-state index contributed by atoms with van der Waals surface area (Å²) in [5, 5.41) is 11.7. The van der Waals surface area contributed by atoms with Crippen molar-refractivity contribution in [2.24, 2.45) is 0 Å². The summed E-state index contributed by atoms with van der Waals surface area (Å²) in [5.74, 6) is -1.13. The highest BCUT2D eigenvalue weighted by Crippen LogP contribution is 2.59. The van der Waals surface area contributed by atoms with Gasteiger partial charge in [-0.1, -0.05) is 113 Å². The van der Waals surface area contributed by atoms with Crippen LogP contribution in [0.1, 0.15) is 99.8 Å². The number of rotatable bonds is 7. The summed E-state index contributed by atoms with van der Waals surface area (Å²) in [6, 6.07) is 13.5. The Kier molecular flexibility index (Phi) is 11.3. The van der Waals surface area contributed by atoms with Crippen LogP contribution in [-0.4, -0.2) is 67.3 Å². The number of aliphatic hydroxyl groups is 1. The first-order chi connectivity index (χ1) is 24.6. The SMILES string of the molecule is CC(C)(C)[Si](C)(C)Oc1cc2c(c(O[Si](C)(C)C(C)(C)C)c1)[C@]1(OC2)O[C@@H]2CO[Si](C(C)(C)C)(C(C)(C)C)O[C@H]2[C@H](O)[C@H]1OC(=O)/C=C/c1ccccc1. The van der Waals surface area contributed by atoms with Crippen LogP contribution in [0.25, 0.3) is 6.08 Å². The average Bonchev–Trinajstić information content (AvgIpc) is 3.38. The zero-order valence-electron chi connectivity index (χ0n) is 35.6. The normalized spacial score (nSPS) is 26.4. The van der Waals surface area contributed by atoms with E-state index in [2.05, 4.69) is 109 Å². The minimum atomic E-state index is -3.06. The number of aliphatic hydroxyl groups excluding tert-OH is 1. The Labute approximate surface area is 327 Å². The molecule has 2 saturated heterocycles. The highest BCUT2D eigenvalue weighted by Gasteiger charge is 2.69. The van der Waals surface area contributed by atoms with Crippen LogP contribution in [-0.2, 0) is 40.3 Å². The van der Waals surface area contributed by atoms with Gasteiger partial charge in [-0.3, -0.25) is 0 Å². The zero-order chi connectivity index (χ0) is 40.5. The molecule has 0 saturated carbocycles. The smallest absolute Gasteiger partial charge is 0.349 e. The van der Waals surface area contributed by atoms with Crippen molar-refractivity contribution in [1.82, 2.24) is 0 Å². The summed E-state index contributed by atoms with van der Waals surface area (Å²) in [4.78, 5) is 13.8. The number of carbonyl (C=O) groups is 1. The zero-order valence-corrected chi connectivity index (χ0v) is 38.6. The Morgan fingerprint density at radius 1 is 0.870 bits per heavy atom. The Balaban J connectivity index is 1.67. The molecule has 0 aliphatic carbocycles. The molecule has 5 atom stereocenters. The molecule has 9 nitrogen and oxygen atoms in total. The molecule has 3 aliphatic heterocycles. The van der Waals surface area contributed by atoms with Gasteiger partial charge in [0.1, 0.15) is 29.8 Å². The first kappa shape index (κ1) is 42.8. The lowest BCUT2D eigenvalue weighted by Gasteiger charge is -2.58. The molecule has 3 aliphatic rings. The molecule has 2 aromatic rings. The van der Waals surface area contributed by atoms with Gasteiger partial charge in [0.25, 0.3) is 0 Å². The van der Waals surface area contributed by atoms with Crippen molar-refractivity contribution in [2.75, 3.05) is 6.61 Å². The molecular formula is C42H66O9Si3. The molecule has 12 heteroatoms. The molecule has 0 radical (unpaired) electrons. The van der Waals surface area contributed by atoms with Crippen molar-refractivity contribution in [3.8, 4) is 11.5 Å². The van der Waals surface area contributed by atoms with E-state index < -0.39 is 61.4 Å².